The van der Waals surface area contributed by atoms with Crippen LogP contribution in [-0.4, -0.2) is 48.8 Å². The van der Waals surface area contributed by atoms with Gasteiger partial charge in [0, 0.05) is 23.7 Å². The largest absolute Gasteiger partial charge is 0.379 e. The summed E-state index contributed by atoms with van der Waals surface area (Å²) in [5, 5.41) is 0.595. The van der Waals surface area contributed by atoms with E-state index in [4.69, 9.17) is 16.3 Å². The molecule has 0 radical (unpaired) electrons. The number of benzene rings is 1. The molecule has 118 valence electrons. The van der Waals surface area contributed by atoms with Crippen LogP contribution in [0.15, 0.2) is 24.3 Å². The first-order valence-electron chi connectivity index (χ1n) is 7.82. The normalized spacial score (nSPS) is 26.9. The molecule has 0 aromatic heterocycles. The molecule has 1 aliphatic carbocycles. The lowest BCUT2D eigenvalue weighted by molar-refractivity contribution is -0.131. The molecule has 1 aromatic rings. The van der Waals surface area contributed by atoms with Crippen molar-refractivity contribution < 1.29 is 14.3 Å². The van der Waals surface area contributed by atoms with Crippen molar-refractivity contribution in [3.8, 4) is 0 Å². The van der Waals surface area contributed by atoms with Crippen molar-refractivity contribution in [2.75, 3.05) is 26.3 Å². The third-order valence-electron chi connectivity index (χ3n) is 4.57. The summed E-state index contributed by atoms with van der Waals surface area (Å²) in [5.74, 6) is -0.504. The van der Waals surface area contributed by atoms with E-state index in [1.807, 2.05) is 0 Å². The molecule has 0 amide bonds. The summed E-state index contributed by atoms with van der Waals surface area (Å²) in [6.07, 6.45) is 2.42. The Morgan fingerprint density at radius 1 is 1.14 bits per heavy atom. The maximum absolute atomic E-state index is 12.8. The van der Waals surface area contributed by atoms with Gasteiger partial charge >= 0.3 is 0 Å². The first kappa shape index (κ1) is 15.7. The Labute approximate surface area is 135 Å². The Bertz CT molecular complexity index is 552. The van der Waals surface area contributed by atoms with Crippen LogP contribution in [0.4, 0.5) is 0 Å². The topological polar surface area (TPSA) is 46.6 Å². The van der Waals surface area contributed by atoms with E-state index < -0.39 is 5.92 Å². The fraction of sp³-hybridized carbons (Fsp3) is 0.529. The SMILES string of the molecule is O=C(c1ccc(Cl)cc1)[C@@H]1CCC[C@@H](N2CCOCC2)C1=O. The van der Waals surface area contributed by atoms with E-state index in [0.29, 0.717) is 30.2 Å². The van der Waals surface area contributed by atoms with Gasteiger partial charge in [0.15, 0.2) is 11.6 Å². The molecule has 0 unspecified atom stereocenters. The summed E-state index contributed by atoms with van der Waals surface area (Å²) in [7, 11) is 0. The van der Waals surface area contributed by atoms with Crippen LogP contribution in [0.5, 0.6) is 0 Å². The van der Waals surface area contributed by atoms with Crippen LogP contribution in [0.1, 0.15) is 29.6 Å². The second-order valence-corrected chi connectivity index (χ2v) is 6.36. The lowest BCUT2D eigenvalue weighted by Crippen LogP contribution is -2.51. The van der Waals surface area contributed by atoms with Gasteiger partial charge in [-0.1, -0.05) is 18.0 Å². The molecule has 2 fully saturated rings. The van der Waals surface area contributed by atoms with E-state index in [0.717, 1.165) is 25.9 Å². The third-order valence-corrected chi connectivity index (χ3v) is 4.83. The summed E-state index contributed by atoms with van der Waals surface area (Å²) in [4.78, 5) is 27.6. The zero-order chi connectivity index (χ0) is 15.5. The van der Waals surface area contributed by atoms with E-state index >= 15 is 0 Å². The Morgan fingerprint density at radius 3 is 2.50 bits per heavy atom. The van der Waals surface area contributed by atoms with Crippen molar-refractivity contribution in [3.63, 3.8) is 0 Å². The van der Waals surface area contributed by atoms with Crippen LogP contribution in [0, 0.1) is 5.92 Å². The minimum Gasteiger partial charge on any atom is -0.379 e. The predicted octanol–water partition coefficient (Wildman–Crippen LogP) is 2.59. The number of carbonyl (C=O) groups excluding carboxylic acids is 2. The van der Waals surface area contributed by atoms with Gasteiger partial charge in [0.05, 0.1) is 25.2 Å². The predicted molar refractivity (Wildman–Crippen MR) is 84.3 cm³/mol. The van der Waals surface area contributed by atoms with Crippen molar-refractivity contribution in [2.24, 2.45) is 5.92 Å². The van der Waals surface area contributed by atoms with Crippen LogP contribution >= 0.6 is 11.6 Å². The van der Waals surface area contributed by atoms with Crippen LogP contribution in [0.2, 0.25) is 5.02 Å². The molecule has 0 spiro atoms. The highest BCUT2D eigenvalue weighted by Crippen LogP contribution is 2.28. The highest BCUT2D eigenvalue weighted by atomic mass is 35.5. The highest BCUT2D eigenvalue weighted by Gasteiger charge is 2.39. The molecule has 1 saturated carbocycles. The monoisotopic (exact) mass is 321 g/mol. The minimum absolute atomic E-state index is 0.0698. The maximum atomic E-state index is 12.8. The Hall–Kier alpha value is -1.23. The summed E-state index contributed by atoms with van der Waals surface area (Å²) < 4.78 is 5.35. The fourth-order valence-electron chi connectivity index (χ4n) is 3.36. The minimum atomic E-state index is -0.511. The zero-order valence-electron chi connectivity index (χ0n) is 12.5. The van der Waals surface area contributed by atoms with Crippen molar-refractivity contribution in [2.45, 2.75) is 25.3 Å². The van der Waals surface area contributed by atoms with Gasteiger partial charge in [-0.15, -0.1) is 0 Å². The molecule has 2 aliphatic rings. The Balaban J connectivity index is 1.74. The van der Waals surface area contributed by atoms with Crippen molar-refractivity contribution in [3.05, 3.63) is 34.9 Å². The van der Waals surface area contributed by atoms with Crippen LogP contribution in [0.25, 0.3) is 0 Å². The molecule has 1 heterocycles. The zero-order valence-corrected chi connectivity index (χ0v) is 13.2. The van der Waals surface area contributed by atoms with Gasteiger partial charge < -0.3 is 4.74 Å². The number of ether oxygens (including phenoxy) is 1. The van der Waals surface area contributed by atoms with E-state index in [9.17, 15) is 9.59 Å². The number of morpholine rings is 1. The molecular formula is C17H20ClNO3. The number of Topliss-reactive ketones (excluding diaryl/α,β-unsaturated/α-hetero) is 2. The van der Waals surface area contributed by atoms with Crippen LogP contribution in [-0.2, 0) is 9.53 Å². The fourth-order valence-corrected chi connectivity index (χ4v) is 3.49. The van der Waals surface area contributed by atoms with Gasteiger partial charge in [-0.25, -0.2) is 0 Å². The van der Waals surface area contributed by atoms with Gasteiger partial charge in [0.2, 0.25) is 0 Å². The second kappa shape index (κ2) is 6.90. The summed E-state index contributed by atoms with van der Waals surface area (Å²) >= 11 is 5.86. The molecule has 4 nitrogen and oxygen atoms in total. The lowest BCUT2D eigenvalue weighted by atomic mass is 9.79. The van der Waals surface area contributed by atoms with Crippen LogP contribution in [0.3, 0.4) is 0 Å². The van der Waals surface area contributed by atoms with E-state index in [1.54, 1.807) is 24.3 Å². The first-order valence-corrected chi connectivity index (χ1v) is 8.20. The number of carbonyl (C=O) groups is 2. The molecule has 1 aromatic carbocycles. The molecule has 3 rings (SSSR count). The molecule has 5 heteroatoms. The second-order valence-electron chi connectivity index (χ2n) is 5.92. The Morgan fingerprint density at radius 2 is 1.82 bits per heavy atom. The first-order chi connectivity index (χ1) is 10.7. The van der Waals surface area contributed by atoms with E-state index in [-0.39, 0.29) is 17.6 Å². The molecule has 1 aliphatic heterocycles. The summed E-state index contributed by atoms with van der Waals surface area (Å²) in [5.41, 5.74) is 0.574. The maximum Gasteiger partial charge on any atom is 0.173 e. The standard InChI is InChI=1S/C17H20ClNO3/c18-13-6-4-12(5-7-13)16(20)14-2-1-3-15(17(14)21)19-8-10-22-11-9-19/h4-7,14-15H,1-3,8-11H2/t14-,15+/m0/s1. The summed E-state index contributed by atoms with van der Waals surface area (Å²) in [6, 6.07) is 6.68. The van der Waals surface area contributed by atoms with Crippen molar-refractivity contribution >= 4 is 23.2 Å². The molecule has 2 atom stereocenters. The van der Waals surface area contributed by atoms with Crippen molar-refractivity contribution in [1.82, 2.24) is 4.90 Å². The van der Waals surface area contributed by atoms with Gasteiger partial charge in [-0.3, -0.25) is 14.5 Å². The molecule has 1 saturated heterocycles. The lowest BCUT2D eigenvalue weighted by Gasteiger charge is -2.37. The van der Waals surface area contributed by atoms with Crippen molar-refractivity contribution in [1.29, 1.82) is 0 Å². The highest BCUT2D eigenvalue weighted by molar-refractivity contribution is 6.30. The average Bonchev–Trinajstić information content (AvgIpc) is 2.56. The van der Waals surface area contributed by atoms with Gasteiger partial charge in [0.25, 0.3) is 0 Å². The quantitative estimate of drug-likeness (QED) is 0.634. The van der Waals surface area contributed by atoms with E-state index in [1.165, 1.54) is 0 Å². The van der Waals surface area contributed by atoms with Crippen LogP contribution < -0.4 is 0 Å². The third kappa shape index (κ3) is 3.24. The number of hydrogen-bond acceptors (Lipinski definition) is 4. The smallest absolute Gasteiger partial charge is 0.173 e. The number of ketones is 2. The number of nitrogens with zero attached hydrogens (tertiary/aromatic N) is 1. The van der Waals surface area contributed by atoms with E-state index in [2.05, 4.69) is 4.90 Å². The van der Waals surface area contributed by atoms with Gasteiger partial charge in [-0.2, -0.15) is 0 Å². The van der Waals surface area contributed by atoms with Gasteiger partial charge in [0.1, 0.15) is 0 Å². The molecule has 0 bridgehead atoms. The number of hydrogen-bond donors (Lipinski definition) is 0. The average molecular weight is 322 g/mol. The van der Waals surface area contributed by atoms with Gasteiger partial charge in [-0.05, 0) is 37.1 Å². The molecule has 22 heavy (non-hydrogen) atoms. The summed E-state index contributed by atoms with van der Waals surface area (Å²) in [6.45, 7) is 2.88. The number of rotatable bonds is 3. The number of halogens is 1. The Kier molecular flexibility index (Phi) is 4.91. The molecule has 0 N–H and O–H groups in total. The molecular weight excluding hydrogens is 302 g/mol.